The first-order valence-electron chi connectivity index (χ1n) is 16.2. The van der Waals surface area contributed by atoms with Gasteiger partial charge in [-0.3, -0.25) is 9.80 Å². The number of piperidine rings is 3. The van der Waals surface area contributed by atoms with Crippen LogP contribution in [0.3, 0.4) is 0 Å². The van der Waals surface area contributed by atoms with E-state index in [1.54, 1.807) is 54.6 Å². The Morgan fingerprint density at radius 2 is 1.68 bits per heavy atom. The van der Waals surface area contributed by atoms with Crippen LogP contribution in [-0.4, -0.2) is 56.9 Å². The first-order valence-corrected chi connectivity index (χ1v) is 16.9. The summed E-state index contributed by atoms with van der Waals surface area (Å²) in [6, 6.07) is 17.5. The third kappa shape index (κ3) is 8.07. The normalized spacial score (nSPS) is 18.6. The zero-order valence-electron chi connectivity index (χ0n) is 27.5. The van der Waals surface area contributed by atoms with E-state index in [2.05, 4.69) is 4.90 Å². The second-order valence-corrected chi connectivity index (χ2v) is 13.1. The Labute approximate surface area is 299 Å². The molecule has 3 saturated heterocycles. The van der Waals surface area contributed by atoms with Crippen molar-refractivity contribution in [3.05, 3.63) is 122 Å². The van der Waals surface area contributed by atoms with Crippen molar-refractivity contribution in [2.45, 2.75) is 38.0 Å². The fourth-order valence-electron chi connectivity index (χ4n) is 6.46. The largest absolute Gasteiger partial charge is 0.619 e. The minimum Gasteiger partial charge on any atom is -0.619 e. The van der Waals surface area contributed by atoms with Crippen LogP contribution in [0, 0.1) is 16.9 Å². The molecule has 4 aromatic rings. The molecule has 3 fully saturated rings. The van der Waals surface area contributed by atoms with Gasteiger partial charge in [-0.2, -0.15) is 4.73 Å². The number of methoxy groups -OCH3 is 2. The summed E-state index contributed by atoms with van der Waals surface area (Å²) in [5, 5.41) is 12.1. The molecule has 3 aliphatic heterocycles. The molecule has 1 aromatic heterocycles. The first-order chi connectivity index (χ1) is 24.1. The number of fused-ring (bicyclic) bond motifs is 3. The molecule has 0 N–H and O–H groups in total. The predicted molar refractivity (Wildman–Crippen MR) is 185 cm³/mol. The molecular formula is C37H36Cl2FN3O7. The maximum absolute atomic E-state index is 14.3. The van der Waals surface area contributed by atoms with Crippen molar-refractivity contribution in [2.24, 2.45) is 5.92 Å². The van der Waals surface area contributed by atoms with Gasteiger partial charge in [0.25, 0.3) is 0 Å². The quantitative estimate of drug-likeness (QED) is 0.0913. The first kappa shape index (κ1) is 35.3. The highest BCUT2D eigenvalue weighted by atomic mass is 35.5. The van der Waals surface area contributed by atoms with Crippen LogP contribution in [0.2, 0.25) is 10.0 Å². The number of pyridine rings is 1. The molecule has 1 unspecified atom stereocenters. The highest BCUT2D eigenvalue weighted by Crippen LogP contribution is 2.36. The summed E-state index contributed by atoms with van der Waals surface area (Å²) in [6.45, 7) is 2.78. The standard InChI is InChI=1S/C37H36Cl2FN3O7/c1-47-32-11-10-26(16-34(32)48-2)33(18-29-30(38)20-42(46)21-31(29)39)49-36(44)25-8-6-23(7-9-25)19-43(28-5-3-4-27(40)17-28)37(45)50-35-22-41-14-12-24(35)13-15-41/h3-11,16-17,20-21,24,33,35H,12-15,18-19,22H2,1-2H3/t33?,35-/m0/s1. The van der Waals surface area contributed by atoms with Crippen molar-refractivity contribution >= 4 is 41.0 Å². The lowest BCUT2D eigenvalue weighted by Gasteiger charge is -2.44. The van der Waals surface area contributed by atoms with Crippen LogP contribution in [0.1, 0.15) is 46.0 Å². The molecule has 262 valence electrons. The maximum Gasteiger partial charge on any atom is 0.414 e. The molecule has 50 heavy (non-hydrogen) atoms. The Bertz CT molecular complexity index is 1830. The fraction of sp³-hybridized carbons (Fsp3) is 0.324. The van der Waals surface area contributed by atoms with Gasteiger partial charge in [0.15, 0.2) is 23.9 Å². The van der Waals surface area contributed by atoms with Gasteiger partial charge in [-0.05, 0) is 85.4 Å². The van der Waals surface area contributed by atoms with E-state index in [-0.39, 0.29) is 34.7 Å². The molecule has 0 aliphatic carbocycles. The molecule has 0 spiro atoms. The van der Waals surface area contributed by atoms with Gasteiger partial charge in [0, 0.05) is 18.5 Å². The van der Waals surface area contributed by atoms with Gasteiger partial charge in [0.05, 0.1) is 32.0 Å². The minimum atomic E-state index is -0.885. The van der Waals surface area contributed by atoms with Crippen LogP contribution in [0.4, 0.5) is 14.9 Å². The van der Waals surface area contributed by atoms with Gasteiger partial charge in [-0.25, -0.2) is 14.0 Å². The van der Waals surface area contributed by atoms with Crippen LogP contribution in [0.5, 0.6) is 11.5 Å². The number of anilines is 1. The van der Waals surface area contributed by atoms with Gasteiger partial charge in [0.1, 0.15) is 28.1 Å². The SMILES string of the molecule is COc1ccc(C(Cc2c(Cl)c[n+]([O-])cc2Cl)OC(=O)c2ccc(CN(C(=O)O[C@H]3CN4CCC3CC4)c3cccc(F)c3)cc2)cc1OC. The van der Waals surface area contributed by atoms with Crippen molar-refractivity contribution in [3.8, 4) is 11.5 Å². The van der Waals surface area contributed by atoms with Gasteiger partial charge < -0.3 is 24.2 Å². The summed E-state index contributed by atoms with van der Waals surface area (Å²) in [4.78, 5) is 30.8. The predicted octanol–water partition coefficient (Wildman–Crippen LogP) is 7.16. The lowest BCUT2D eigenvalue weighted by molar-refractivity contribution is -0.605. The van der Waals surface area contributed by atoms with Gasteiger partial charge in [0.2, 0.25) is 0 Å². The number of esters is 1. The summed E-state index contributed by atoms with van der Waals surface area (Å²) in [6.07, 6.45) is 2.70. The van der Waals surface area contributed by atoms with Gasteiger partial charge in [-0.15, -0.1) is 0 Å². The highest BCUT2D eigenvalue weighted by Gasteiger charge is 2.37. The van der Waals surface area contributed by atoms with Crippen molar-refractivity contribution in [3.63, 3.8) is 0 Å². The number of amides is 1. The number of aromatic nitrogens is 1. The summed E-state index contributed by atoms with van der Waals surface area (Å²) < 4.78 is 37.6. The Hall–Kier alpha value is -4.58. The van der Waals surface area contributed by atoms with Crippen LogP contribution < -0.4 is 19.1 Å². The molecule has 7 rings (SSSR count). The number of hydrogen-bond donors (Lipinski definition) is 0. The average Bonchev–Trinajstić information content (AvgIpc) is 3.11. The van der Waals surface area contributed by atoms with Crippen LogP contribution in [0.15, 0.2) is 79.1 Å². The van der Waals surface area contributed by atoms with Crippen molar-refractivity contribution < 1.29 is 37.7 Å². The average molecular weight is 725 g/mol. The lowest BCUT2D eigenvalue weighted by atomic mass is 9.86. The van der Waals surface area contributed by atoms with E-state index in [0.717, 1.165) is 25.9 Å². The van der Waals surface area contributed by atoms with E-state index in [9.17, 15) is 19.2 Å². The maximum atomic E-state index is 14.3. The number of nitrogens with zero attached hydrogens (tertiary/aromatic N) is 3. The number of carbonyl (C=O) groups is 2. The second-order valence-electron chi connectivity index (χ2n) is 12.3. The van der Waals surface area contributed by atoms with Crippen molar-refractivity contribution in [1.29, 1.82) is 0 Å². The smallest absolute Gasteiger partial charge is 0.414 e. The molecule has 0 saturated carbocycles. The molecule has 2 bridgehead atoms. The third-order valence-electron chi connectivity index (χ3n) is 9.19. The van der Waals surface area contributed by atoms with Crippen molar-refractivity contribution in [1.82, 2.24) is 4.90 Å². The summed E-state index contributed by atoms with van der Waals surface area (Å²) >= 11 is 12.8. The summed E-state index contributed by atoms with van der Waals surface area (Å²) in [7, 11) is 3.01. The molecule has 4 heterocycles. The van der Waals surface area contributed by atoms with Gasteiger partial charge in [-0.1, -0.05) is 47.5 Å². The monoisotopic (exact) mass is 723 g/mol. The number of halogens is 3. The second kappa shape index (κ2) is 15.5. The molecule has 1 amide bonds. The molecule has 2 atom stereocenters. The number of carbonyl (C=O) groups excluding carboxylic acids is 2. The van der Waals surface area contributed by atoms with Gasteiger partial charge >= 0.3 is 12.1 Å². The highest BCUT2D eigenvalue weighted by molar-refractivity contribution is 6.35. The molecule has 13 heteroatoms. The Balaban J connectivity index is 1.22. The van der Waals surface area contributed by atoms with Crippen molar-refractivity contribution in [2.75, 3.05) is 38.8 Å². The fourth-order valence-corrected chi connectivity index (χ4v) is 7.06. The zero-order chi connectivity index (χ0) is 35.4. The van der Waals surface area contributed by atoms with E-state index < -0.39 is 24.0 Å². The minimum absolute atomic E-state index is 0.0577. The molecule has 0 radical (unpaired) electrons. The van der Waals surface area contributed by atoms with E-state index in [1.807, 2.05) is 0 Å². The Morgan fingerprint density at radius 1 is 0.980 bits per heavy atom. The van der Waals surface area contributed by atoms with Crippen LogP contribution in [0.25, 0.3) is 0 Å². The van der Waals surface area contributed by atoms with E-state index in [4.69, 9.17) is 42.1 Å². The number of hydrogen-bond acceptors (Lipinski definition) is 8. The number of benzene rings is 3. The van der Waals surface area contributed by atoms with Crippen LogP contribution in [-0.2, 0) is 22.4 Å². The molecule has 3 aliphatic rings. The van der Waals surface area contributed by atoms with Crippen LogP contribution >= 0.6 is 23.2 Å². The molecule has 10 nitrogen and oxygen atoms in total. The zero-order valence-corrected chi connectivity index (χ0v) is 29.0. The number of rotatable bonds is 11. The lowest BCUT2D eigenvalue weighted by Crippen LogP contribution is -2.53. The topological polar surface area (TPSA) is 104 Å². The molecular weight excluding hydrogens is 688 g/mol. The Morgan fingerprint density at radius 3 is 2.30 bits per heavy atom. The molecule has 3 aromatic carbocycles. The van der Waals surface area contributed by atoms with E-state index >= 15 is 0 Å². The third-order valence-corrected chi connectivity index (χ3v) is 9.85. The Kier molecular flexibility index (Phi) is 11.0. The van der Waals surface area contributed by atoms with E-state index in [0.29, 0.717) is 51.1 Å². The van der Waals surface area contributed by atoms with E-state index in [1.165, 1.54) is 43.6 Å². The summed E-state index contributed by atoms with van der Waals surface area (Å²) in [5.41, 5.74) is 2.28. The number of ether oxygens (including phenoxy) is 4. The summed E-state index contributed by atoms with van der Waals surface area (Å²) in [5.74, 6) is 0.106.